The summed E-state index contributed by atoms with van der Waals surface area (Å²) in [6.07, 6.45) is 6.90. The molecule has 0 aliphatic carbocycles. The Kier molecular flexibility index (Phi) is 3.65. The fourth-order valence-corrected chi connectivity index (χ4v) is 3.34. The second kappa shape index (κ2) is 4.99. The van der Waals surface area contributed by atoms with E-state index in [4.69, 9.17) is 0 Å². The summed E-state index contributed by atoms with van der Waals surface area (Å²) in [5.41, 5.74) is 2.14. The fourth-order valence-electron chi connectivity index (χ4n) is 2.00. The van der Waals surface area contributed by atoms with E-state index >= 15 is 0 Å². The molecule has 0 bridgehead atoms. The normalized spacial score (nSPS) is 23.7. The Bertz CT molecular complexity index is 323. The van der Waals surface area contributed by atoms with Gasteiger partial charge in [0.2, 0.25) is 0 Å². The summed E-state index contributed by atoms with van der Waals surface area (Å²) in [5, 5.41) is 10.6. The maximum atomic E-state index is 10.3. The number of aliphatic hydroxyl groups excluding tert-OH is 1. The third-order valence-electron chi connectivity index (χ3n) is 2.97. The molecule has 1 aromatic heterocycles. The van der Waals surface area contributed by atoms with Crippen molar-refractivity contribution in [2.75, 3.05) is 5.75 Å². The largest absolute Gasteiger partial charge is 0.387 e. The molecule has 1 saturated heterocycles. The van der Waals surface area contributed by atoms with Crippen LogP contribution in [-0.2, 0) is 0 Å². The molecule has 0 amide bonds. The van der Waals surface area contributed by atoms with Crippen LogP contribution in [0.3, 0.4) is 0 Å². The highest BCUT2D eigenvalue weighted by atomic mass is 32.2. The topological polar surface area (TPSA) is 33.1 Å². The van der Waals surface area contributed by atoms with Crippen molar-refractivity contribution >= 4 is 11.8 Å². The molecule has 1 aliphatic rings. The number of aliphatic hydroxyl groups is 1. The van der Waals surface area contributed by atoms with E-state index in [0.717, 1.165) is 17.5 Å². The van der Waals surface area contributed by atoms with Gasteiger partial charge in [0.1, 0.15) is 0 Å². The summed E-state index contributed by atoms with van der Waals surface area (Å²) < 4.78 is 0. The Balaban J connectivity index is 2.12. The minimum atomic E-state index is -0.344. The summed E-state index contributed by atoms with van der Waals surface area (Å²) >= 11 is 1.90. The highest BCUT2D eigenvalue weighted by Crippen LogP contribution is 2.35. The van der Waals surface area contributed by atoms with Crippen LogP contribution in [0.2, 0.25) is 0 Å². The third kappa shape index (κ3) is 2.52. The first-order chi connectivity index (χ1) is 7.29. The summed E-state index contributed by atoms with van der Waals surface area (Å²) in [6.45, 7) is 2.04. The molecule has 2 rings (SSSR count). The number of aromatic nitrogens is 1. The molecular formula is C12H17NOS. The van der Waals surface area contributed by atoms with E-state index in [2.05, 4.69) is 4.98 Å². The molecule has 15 heavy (non-hydrogen) atoms. The lowest BCUT2D eigenvalue weighted by Crippen LogP contribution is -2.19. The molecule has 1 aliphatic heterocycles. The Hall–Kier alpha value is -0.540. The van der Waals surface area contributed by atoms with Crippen molar-refractivity contribution in [1.82, 2.24) is 4.98 Å². The van der Waals surface area contributed by atoms with Gasteiger partial charge in [-0.1, -0.05) is 6.42 Å². The van der Waals surface area contributed by atoms with Crippen LogP contribution in [0.5, 0.6) is 0 Å². The van der Waals surface area contributed by atoms with Gasteiger partial charge in [-0.25, -0.2) is 0 Å². The lowest BCUT2D eigenvalue weighted by atomic mass is 10.0. The molecule has 0 spiro atoms. The lowest BCUT2D eigenvalue weighted by molar-refractivity contribution is 0.167. The van der Waals surface area contributed by atoms with Gasteiger partial charge in [0.05, 0.1) is 6.10 Å². The SMILES string of the molecule is Cc1ccncc1C(O)C1CCCCS1. The minimum Gasteiger partial charge on any atom is -0.387 e. The molecule has 3 heteroatoms. The van der Waals surface area contributed by atoms with E-state index in [1.807, 2.05) is 24.8 Å². The molecule has 0 radical (unpaired) electrons. The van der Waals surface area contributed by atoms with Crippen LogP contribution < -0.4 is 0 Å². The standard InChI is InChI=1S/C12H17NOS/c1-9-5-6-13-8-10(9)12(14)11-4-2-3-7-15-11/h5-6,8,11-12,14H,2-4,7H2,1H3. The molecule has 1 aromatic rings. The maximum absolute atomic E-state index is 10.3. The fraction of sp³-hybridized carbons (Fsp3) is 0.583. The van der Waals surface area contributed by atoms with Crippen LogP contribution in [0.25, 0.3) is 0 Å². The van der Waals surface area contributed by atoms with E-state index in [0.29, 0.717) is 5.25 Å². The van der Waals surface area contributed by atoms with Crippen LogP contribution in [0.15, 0.2) is 18.5 Å². The van der Waals surface area contributed by atoms with Gasteiger partial charge in [-0.2, -0.15) is 11.8 Å². The van der Waals surface area contributed by atoms with Crippen molar-refractivity contribution in [1.29, 1.82) is 0 Å². The first-order valence-corrected chi connectivity index (χ1v) is 6.54. The zero-order valence-corrected chi connectivity index (χ0v) is 9.83. The molecule has 2 unspecified atom stereocenters. The van der Waals surface area contributed by atoms with E-state index in [9.17, 15) is 5.11 Å². The van der Waals surface area contributed by atoms with Crippen LogP contribution in [0.4, 0.5) is 0 Å². The number of aryl methyl sites for hydroxylation is 1. The molecule has 1 N–H and O–H groups in total. The Labute approximate surface area is 95.1 Å². The summed E-state index contributed by atoms with van der Waals surface area (Å²) in [6, 6.07) is 1.96. The molecule has 0 saturated carbocycles. The van der Waals surface area contributed by atoms with Gasteiger partial charge < -0.3 is 5.11 Å². The number of thioether (sulfide) groups is 1. The third-order valence-corrected chi connectivity index (χ3v) is 4.41. The number of pyridine rings is 1. The quantitative estimate of drug-likeness (QED) is 0.837. The van der Waals surface area contributed by atoms with Gasteiger partial charge >= 0.3 is 0 Å². The second-order valence-electron chi connectivity index (χ2n) is 4.08. The summed E-state index contributed by atoms with van der Waals surface area (Å²) in [4.78, 5) is 4.09. The Morgan fingerprint density at radius 3 is 3.07 bits per heavy atom. The molecular weight excluding hydrogens is 206 g/mol. The van der Waals surface area contributed by atoms with Gasteiger partial charge in [-0.05, 0) is 37.1 Å². The minimum absolute atomic E-state index is 0.344. The van der Waals surface area contributed by atoms with Crippen molar-refractivity contribution in [3.63, 3.8) is 0 Å². The lowest BCUT2D eigenvalue weighted by Gasteiger charge is -2.26. The predicted molar refractivity (Wildman–Crippen MR) is 64.0 cm³/mol. The molecule has 82 valence electrons. The molecule has 0 aromatic carbocycles. The summed E-state index contributed by atoms with van der Waals surface area (Å²) in [5.74, 6) is 1.18. The Morgan fingerprint density at radius 2 is 2.40 bits per heavy atom. The van der Waals surface area contributed by atoms with Crippen LogP contribution in [0, 0.1) is 6.92 Å². The number of hydrogen-bond donors (Lipinski definition) is 1. The zero-order chi connectivity index (χ0) is 10.7. The number of hydrogen-bond acceptors (Lipinski definition) is 3. The maximum Gasteiger partial charge on any atom is 0.0925 e. The van der Waals surface area contributed by atoms with E-state index in [-0.39, 0.29) is 6.10 Å². The highest BCUT2D eigenvalue weighted by molar-refractivity contribution is 7.99. The van der Waals surface area contributed by atoms with Crippen LogP contribution in [0.1, 0.15) is 36.5 Å². The van der Waals surface area contributed by atoms with E-state index in [1.165, 1.54) is 18.6 Å². The first-order valence-electron chi connectivity index (χ1n) is 5.49. The van der Waals surface area contributed by atoms with E-state index in [1.54, 1.807) is 12.4 Å². The van der Waals surface area contributed by atoms with Crippen LogP contribution >= 0.6 is 11.8 Å². The van der Waals surface area contributed by atoms with Gasteiger partial charge in [0.25, 0.3) is 0 Å². The Morgan fingerprint density at radius 1 is 1.53 bits per heavy atom. The van der Waals surface area contributed by atoms with Gasteiger partial charge in [-0.3, -0.25) is 4.98 Å². The zero-order valence-electron chi connectivity index (χ0n) is 9.02. The van der Waals surface area contributed by atoms with Crippen molar-refractivity contribution < 1.29 is 5.11 Å². The van der Waals surface area contributed by atoms with E-state index < -0.39 is 0 Å². The highest BCUT2D eigenvalue weighted by Gasteiger charge is 2.24. The average Bonchev–Trinajstić information content (AvgIpc) is 2.30. The predicted octanol–water partition coefficient (Wildman–Crippen LogP) is 2.71. The number of nitrogens with zero attached hydrogens (tertiary/aromatic N) is 1. The molecule has 1 fully saturated rings. The number of rotatable bonds is 2. The van der Waals surface area contributed by atoms with Crippen molar-refractivity contribution in [3.05, 3.63) is 29.6 Å². The monoisotopic (exact) mass is 223 g/mol. The average molecular weight is 223 g/mol. The van der Waals surface area contributed by atoms with Gasteiger partial charge in [0, 0.05) is 23.2 Å². The van der Waals surface area contributed by atoms with Crippen molar-refractivity contribution in [3.8, 4) is 0 Å². The first kappa shape index (κ1) is 11.0. The van der Waals surface area contributed by atoms with Crippen LogP contribution in [-0.4, -0.2) is 21.1 Å². The smallest absolute Gasteiger partial charge is 0.0925 e. The molecule has 2 atom stereocenters. The van der Waals surface area contributed by atoms with Gasteiger partial charge in [0.15, 0.2) is 0 Å². The summed E-state index contributed by atoms with van der Waals surface area (Å²) in [7, 11) is 0. The second-order valence-corrected chi connectivity index (χ2v) is 5.43. The van der Waals surface area contributed by atoms with Crippen molar-refractivity contribution in [2.24, 2.45) is 0 Å². The van der Waals surface area contributed by atoms with Crippen molar-refractivity contribution in [2.45, 2.75) is 37.5 Å². The molecule has 2 heterocycles. The van der Waals surface area contributed by atoms with Gasteiger partial charge in [-0.15, -0.1) is 0 Å². The molecule has 2 nitrogen and oxygen atoms in total.